The molecule has 0 aromatic rings. The Balaban J connectivity index is 1.14. The van der Waals surface area contributed by atoms with Gasteiger partial charge in [-0.25, -0.2) is 0 Å². The summed E-state index contributed by atoms with van der Waals surface area (Å²) in [5.74, 6) is 5.06. The minimum atomic E-state index is -0.221. The van der Waals surface area contributed by atoms with Gasteiger partial charge in [-0.15, -0.1) is 0 Å². The molecular formula is C28H46O4. The molecule has 0 amide bonds. The maximum absolute atomic E-state index is 6.16. The van der Waals surface area contributed by atoms with E-state index in [0.717, 1.165) is 81.2 Å². The van der Waals surface area contributed by atoms with Crippen molar-refractivity contribution in [3.05, 3.63) is 0 Å². The van der Waals surface area contributed by atoms with E-state index < -0.39 is 0 Å². The van der Waals surface area contributed by atoms with Gasteiger partial charge in [-0.2, -0.15) is 0 Å². The van der Waals surface area contributed by atoms with Gasteiger partial charge in [0.2, 0.25) is 0 Å². The van der Waals surface area contributed by atoms with Gasteiger partial charge < -0.3 is 18.9 Å². The van der Waals surface area contributed by atoms with Crippen LogP contribution in [0.15, 0.2) is 0 Å². The lowest BCUT2D eigenvalue weighted by Crippen LogP contribution is -2.56. The van der Waals surface area contributed by atoms with Gasteiger partial charge in [0.1, 0.15) is 0 Å². The predicted octanol–water partition coefficient (Wildman–Crippen LogP) is 6.18. The molecule has 32 heavy (non-hydrogen) atoms. The molecule has 0 radical (unpaired) electrons. The van der Waals surface area contributed by atoms with Gasteiger partial charge in [-0.1, -0.05) is 20.8 Å². The highest BCUT2D eigenvalue weighted by atomic mass is 16.7. The summed E-state index contributed by atoms with van der Waals surface area (Å²) in [6, 6.07) is 0. The Bertz CT molecular complexity index is 683. The molecule has 0 aromatic carbocycles. The predicted molar refractivity (Wildman–Crippen MR) is 124 cm³/mol. The Labute approximate surface area is 195 Å². The highest BCUT2D eigenvalue weighted by Gasteiger charge is 2.62. The third kappa shape index (κ3) is 3.45. The molecule has 6 aliphatic rings. The summed E-state index contributed by atoms with van der Waals surface area (Å²) < 4.78 is 23.8. The van der Waals surface area contributed by atoms with Gasteiger partial charge in [-0.05, 0) is 104 Å². The molecule has 0 bridgehead atoms. The van der Waals surface area contributed by atoms with E-state index in [1.807, 2.05) is 0 Å². The highest BCUT2D eigenvalue weighted by Crippen LogP contribution is 2.69. The zero-order valence-corrected chi connectivity index (χ0v) is 20.8. The smallest absolute Gasteiger partial charge is 0.168 e. The summed E-state index contributed by atoms with van der Waals surface area (Å²) in [5.41, 5.74) is 1.06. The van der Waals surface area contributed by atoms with Gasteiger partial charge in [-0.3, -0.25) is 0 Å². The second-order valence-corrected chi connectivity index (χ2v) is 12.9. The largest absolute Gasteiger partial charge is 0.350 e. The van der Waals surface area contributed by atoms with Gasteiger partial charge in [0.25, 0.3) is 0 Å². The van der Waals surface area contributed by atoms with E-state index in [4.69, 9.17) is 18.9 Å². The Morgan fingerprint density at radius 2 is 1.53 bits per heavy atom. The number of hydrogen-bond acceptors (Lipinski definition) is 4. The van der Waals surface area contributed by atoms with Crippen LogP contribution in [0.1, 0.15) is 91.4 Å². The third-order valence-corrected chi connectivity index (χ3v) is 11.8. The van der Waals surface area contributed by atoms with Crippen molar-refractivity contribution in [1.29, 1.82) is 0 Å². The van der Waals surface area contributed by atoms with Gasteiger partial charge in [0.05, 0.1) is 26.4 Å². The van der Waals surface area contributed by atoms with E-state index in [1.165, 1.54) is 51.4 Å². The first-order valence-corrected chi connectivity index (χ1v) is 13.9. The fraction of sp³-hybridized carbons (Fsp3) is 1.00. The zero-order valence-electron chi connectivity index (χ0n) is 20.8. The average molecular weight is 447 g/mol. The van der Waals surface area contributed by atoms with Crippen LogP contribution in [-0.4, -0.2) is 38.5 Å². The molecule has 2 aliphatic heterocycles. The molecule has 0 aromatic heterocycles. The maximum atomic E-state index is 6.16. The summed E-state index contributed by atoms with van der Waals surface area (Å²) in [5, 5.41) is 0. The molecule has 182 valence electrons. The minimum absolute atomic E-state index is 0.0656. The summed E-state index contributed by atoms with van der Waals surface area (Å²) in [7, 11) is 0. The Morgan fingerprint density at radius 1 is 0.781 bits per heavy atom. The van der Waals surface area contributed by atoms with Crippen molar-refractivity contribution in [1.82, 2.24) is 0 Å². The van der Waals surface area contributed by atoms with Crippen LogP contribution in [0.5, 0.6) is 0 Å². The lowest BCUT2D eigenvalue weighted by atomic mass is 9.44. The molecule has 4 nitrogen and oxygen atoms in total. The number of rotatable bonds is 4. The van der Waals surface area contributed by atoms with Crippen molar-refractivity contribution in [2.24, 2.45) is 46.3 Å². The Hall–Kier alpha value is -0.160. The van der Waals surface area contributed by atoms with Crippen molar-refractivity contribution in [2.75, 3.05) is 26.4 Å². The van der Waals surface area contributed by atoms with Crippen molar-refractivity contribution in [2.45, 2.75) is 103 Å². The van der Waals surface area contributed by atoms with E-state index in [-0.39, 0.29) is 12.1 Å². The molecule has 1 spiro atoms. The minimum Gasteiger partial charge on any atom is -0.350 e. The first-order valence-electron chi connectivity index (χ1n) is 13.9. The topological polar surface area (TPSA) is 36.9 Å². The Morgan fingerprint density at radius 3 is 2.31 bits per heavy atom. The number of fused-ring (bicyclic) bond motifs is 5. The summed E-state index contributed by atoms with van der Waals surface area (Å²) in [6.07, 6.45) is 14.7. The molecular weight excluding hydrogens is 400 g/mol. The molecule has 0 N–H and O–H groups in total. The normalized spacial score (nSPS) is 49.0. The molecule has 4 aliphatic carbocycles. The molecule has 2 heterocycles. The van der Waals surface area contributed by atoms with Crippen LogP contribution in [0.25, 0.3) is 0 Å². The van der Waals surface area contributed by atoms with E-state index in [1.54, 1.807) is 0 Å². The van der Waals surface area contributed by atoms with Crippen LogP contribution < -0.4 is 0 Å². The molecule has 0 unspecified atom stereocenters. The summed E-state index contributed by atoms with van der Waals surface area (Å²) in [4.78, 5) is 0. The molecule has 6 fully saturated rings. The van der Waals surface area contributed by atoms with E-state index in [9.17, 15) is 0 Å². The number of hydrogen-bond donors (Lipinski definition) is 0. The van der Waals surface area contributed by atoms with Gasteiger partial charge in [0, 0.05) is 12.8 Å². The summed E-state index contributed by atoms with van der Waals surface area (Å²) in [6.45, 7) is 11.0. The average Bonchev–Trinajstić information content (AvgIpc) is 3.53. The third-order valence-electron chi connectivity index (χ3n) is 11.8. The Kier molecular flexibility index (Phi) is 5.72. The second-order valence-electron chi connectivity index (χ2n) is 12.9. The van der Waals surface area contributed by atoms with Crippen molar-refractivity contribution in [3.8, 4) is 0 Å². The van der Waals surface area contributed by atoms with E-state index in [2.05, 4.69) is 20.8 Å². The lowest BCUT2D eigenvalue weighted by molar-refractivity contribution is -0.229. The zero-order chi connectivity index (χ0) is 22.0. The molecule has 8 atom stereocenters. The van der Waals surface area contributed by atoms with Crippen LogP contribution in [-0.2, 0) is 18.9 Å². The molecule has 2 saturated heterocycles. The van der Waals surface area contributed by atoms with Crippen LogP contribution in [0.4, 0.5) is 0 Å². The number of ether oxygens (including phenoxy) is 4. The van der Waals surface area contributed by atoms with Crippen LogP contribution >= 0.6 is 0 Å². The van der Waals surface area contributed by atoms with Crippen LogP contribution in [0.2, 0.25) is 0 Å². The standard InChI is InChI=1S/C28H46O4/c1-19(4-9-25-29-14-15-30-25)22-7-8-23-21-6-5-20-18-28(31-16-17-32-28)13-12-26(20,2)24(21)10-11-27(22,23)3/h19-25H,4-18H2,1-3H3/t19-,20-,21+,22-,23+,24+,26+,27-/m1/s1. The highest BCUT2D eigenvalue weighted by molar-refractivity contribution is 5.10. The summed E-state index contributed by atoms with van der Waals surface area (Å²) >= 11 is 0. The quantitative estimate of drug-likeness (QED) is 0.517. The van der Waals surface area contributed by atoms with Crippen LogP contribution in [0, 0.1) is 46.3 Å². The monoisotopic (exact) mass is 446 g/mol. The first kappa shape index (κ1) is 22.3. The van der Waals surface area contributed by atoms with Crippen LogP contribution in [0.3, 0.4) is 0 Å². The maximum Gasteiger partial charge on any atom is 0.168 e. The van der Waals surface area contributed by atoms with Gasteiger partial charge >= 0.3 is 0 Å². The van der Waals surface area contributed by atoms with Gasteiger partial charge in [0.15, 0.2) is 12.1 Å². The fourth-order valence-electron chi connectivity index (χ4n) is 10.1. The van der Waals surface area contributed by atoms with Crippen molar-refractivity contribution >= 4 is 0 Å². The molecule has 4 saturated carbocycles. The fourth-order valence-corrected chi connectivity index (χ4v) is 10.1. The van der Waals surface area contributed by atoms with Crippen molar-refractivity contribution < 1.29 is 18.9 Å². The molecule has 4 heteroatoms. The van der Waals surface area contributed by atoms with E-state index in [0.29, 0.717) is 10.8 Å². The molecule has 6 rings (SSSR count). The lowest BCUT2D eigenvalue weighted by Gasteiger charge is -2.62. The second kappa shape index (κ2) is 8.21. The SMILES string of the molecule is C[C@H](CCC1OCCO1)[C@H]1CC[C@H]2[C@@H]3CC[C@@H]4CC5(CC[C@]4(C)[C@H]3CC[C@]12C)OCCO5. The van der Waals surface area contributed by atoms with Crippen molar-refractivity contribution in [3.63, 3.8) is 0 Å². The first-order chi connectivity index (χ1) is 15.4. The van der Waals surface area contributed by atoms with E-state index >= 15 is 0 Å².